The van der Waals surface area contributed by atoms with Gasteiger partial charge in [-0.15, -0.1) is 11.8 Å². The highest BCUT2D eigenvalue weighted by molar-refractivity contribution is 9.10. The van der Waals surface area contributed by atoms with Crippen molar-refractivity contribution >= 4 is 74.5 Å². The Bertz CT molecular complexity index is 1530. The summed E-state index contributed by atoms with van der Waals surface area (Å²) < 4.78 is 0.799. The molecule has 0 saturated carbocycles. The number of para-hydroxylation sites is 1. The Kier molecular flexibility index (Phi) is 9.97. The number of halogens is 2. The van der Waals surface area contributed by atoms with E-state index < -0.39 is 11.8 Å². The maximum Gasteiger partial charge on any atom is 0.272 e. The third-order valence-electron chi connectivity index (χ3n) is 5.34. The van der Waals surface area contributed by atoms with Crippen molar-refractivity contribution in [2.75, 3.05) is 16.4 Å². The highest BCUT2D eigenvalue weighted by Gasteiger charge is 2.16. The van der Waals surface area contributed by atoms with E-state index in [0.29, 0.717) is 27.5 Å². The normalized spacial score (nSPS) is 11.0. The summed E-state index contributed by atoms with van der Waals surface area (Å²) in [5.41, 5.74) is 2.23. The summed E-state index contributed by atoms with van der Waals surface area (Å²) in [4.78, 5) is 39.3. The highest BCUT2D eigenvalue weighted by Crippen LogP contribution is 2.25. The molecule has 4 rings (SSSR count). The van der Waals surface area contributed by atoms with Crippen LogP contribution in [0.5, 0.6) is 0 Å². The highest BCUT2D eigenvalue weighted by atomic mass is 79.9. The number of rotatable bonds is 9. The van der Waals surface area contributed by atoms with E-state index in [2.05, 4.69) is 31.9 Å². The number of benzene rings is 4. The number of anilines is 2. The molecule has 0 aromatic heterocycles. The van der Waals surface area contributed by atoms with E-state index in [1.165, 1.54) is 17.8 Å². The van der Waals surface area contributed by atoms with Crippen molar-refractivity contribution in [2.24, 2.45) is 0 Å². The van der Waals surface area contributed by atoms with E-state index in [0.717, 1.165) is 9.37 Å². The van der Waals surface area contributed by atoms with Gasteiger partial charge in [-0.1, -0.05) is 66.2 Å². The van der Waals surface area contributed by atoms with Crippen LogP contribution in [-0.4, -0.2) is 23.5 Å². The van der Waals surface area contributed by atoms with Gasteiger partial charge < -0.3 is 16.0 Å². The molecule has 0 heterocycles. The van der Waals surface area contributed by atoms with Gasteiger partial charge in [0.2, 0.25) is 5.91 Å². The molecule has 0 aliphatic heterocycles. The zero-order valence-corrected chi connectivity index (χ0v) is 23.6. The summed E-state index contributed by atoms with van der Waals surface area (Å²) >= 11 is 11.1. The average molecular weight is 621 g/mol. The first-order valence-electron chi connectivity index (χ1n) is 11.8. The van der Waals surface area contributed by atoms with E-state index in [9.17, 15) is 14.4 Å². The lowest BCUT2D eigenvalue weighted by molar-refractivity contribution is -0.114. The minimum absolute atomic E-state index is 0.0304. The summed E-state index contributed by atoms with van der Waals surface area (Å²) in [5, 5.41) is 8.84. The van der Waals surface area contributed by atoms with E-state index >= 15 is 0 Å². The van der Waals surface area contributed by atoms with Crippen molar-refractivity contribution in [3.63, 3.8) is 0 Å². The number of carbonyl (C=O) groups excluding carboxylic acids is 3. The largest absolute Gasteiger partial charge is 0.324 e. The lowest BCUT2D eigenvalue weighted by atomic mass is 10.1. The van der Waals surface area contributed by atoms with Crippen LogP contribution in [0.4, 0.5) is 11.4 Å². The Morgan fingerprint density at radius 1 is 0.821 bits per heavy atom. The smallest absolute Gasteiger partial charge is 0.272 e. The molecule has 0 saturated heterocycles. The van der Waals surface area contributed by atoms with Crippen molar-refractivity contribution in [3.8, 4) is 0 Å². The monoisotopic (exact) mass is 619 g/mol. The minimum atomic E-state index is -0.520. The van der Waals surface area contributed by atoms with E-state index in [-0.39, 0.29) is 17.4 Å². The predicted molar refractivity (Wildman–Crippen MR) is 162 cm³/mol. The quantitative estimate of drug-likeness (QED) is 0.136. The van der Waals surface area contributed by atoms with Gasteiger partial charge in [-0.25, -0.2) is 0 Å². The van der Waals surface area contributed by atoms with E-state index in [1.807, 2.05) is 30.3 Å². The molecule has 0 aliphatic rings. The SMILES string of the molecule is O=C(CSc1cccc(NC(=O)/C(=C\c2ccccc2Cl)NC(=O)c2ccccc2)c1)Nc1ccccc1Br. The van der Waals surface area contributed by atoms with Gasteiger partial charge in [0.1, 0.15) is 5.70 Å². The molecular formula is C30H23BrClN3O3S. The van der Waals surface area contributed by atoms with Gasteiger partial charge in [0.05, 0.1) is 11.4 Å². The van der Waals surface area contributed by atoms with Crippen LogP contribution in [0.25, 0.3) is 6.08 Å². The number of amides is 3. The minimum Gasteiger partial charge on any atom is -0.324 e. The van der Waals surface area contributed by atoms with Crippen LogP contribution in [0.3, 0.4) is 0 Å². The topological polar surface area (TPSA) is 87.3 Å². The second-order valence-electron chi connectivity index (χ2n) is 8.20. The van der Waals surface area contributed by atoms with Crippen LogP contribution in [0.2, 0.25) is 5.02 Å². The van der Waals surface area contributed by atoms with Crippen molar-refractivity contribution in [3.05, 3.63) is 129 Å². The standard InChI is InChI=1S/C30H23BrClN3O3S/c31-24-14-5-7-16-26(24)34-28(36)19-39-23-13-8-12-22(18-23)33-30(38)27(17-21-11-4-6-15-25(21)32)35-29(37)20-9-2-1-3-10-20/h1-18H,19H2,(H,33,38)(H,34,36)(H,35,37)/b27-17+. The molecule has 3 N–H and O–H groups in total. The third-order valence-corrected chi connectivity index (χ3v) is 7.37. The fraction of sp³-hybridized carbons (Fsp3) is 0.0333. The van der Waals surface area contributed by atoms with Crippen LogP contribution in [0.15, 0.2) is 118 Å². The number of carbonyl (C=O) groups is 3. The molecule has 0 radical (unpaired) electrons. The number of hydrogen-bond acceptors (Lipinski definition) is 4. The van der Waals surface area contributed by atoms with Gasteiger partial charge in [-0.2, -0.15) is 0 Å². The van der Waals surface area contributed by atoms with Gasteiger partial charge in [-0.05, 0) is 76.1 Å². The Morgan fingerprint density at radius 2 is 1.54 bits per heavy atom. The first-order valence-corrected chi connectivity index (χ1v) is 14.0. The second kappa shape index (κ2) is 13.8. The predicted octanol–water partition coefficient (Wildman–Crippen LogP) is 7.24. The maximum atomic E-state index is 13.3. The Labute approximate surface area is 244 Å². The van der Waals surface area contributed by atoms with Crippen molar-refractivity contribution < 1.29 is 14.4 Å². The van der Waals surface area contributed by atoms with Gasteiger partial charge in [-0.3, -0.25) is 14.4 Å². The number of thioether (sulfide) groups is 1. The van der Waals surface area contributed by atoms with Crippen molar-refractivity contribution in [1.82, 2.24) is 5.32 Å². The fourth-order valence-corrected chi connectivity index (χ4v) is 4.78. The van der Waals surface area contributed by atoms with Gasteiger partial charge in [0.25, 0.3) is 11.8 Å². The zero-order valence-electron chi connectivity index (χ0n) is 20.5. The Morgan fingerprint density at radius 3 is 2.31 bits per heavy atom. The molecule has 39 heavy (non-hydrogen) atoms. The van der Waals surface area contributed by atoms with Crippen LogP contribution in [0, 0.1) is 0 Å². The Balaban J connectivity index is 1.46. The first kappa shape index (κ1) is 28.2. The average Bonchev–Trinajstić information content (AvgIpc) is 2.94. The molecule has 9 heteroatoms. The number of hydrogen-bond donors (Lipinski definition) is 3. The third kappa shape index (κ3) is 8.32. The zero-order chi connectivity index (χ0) is 27.6. The van der Waals surface area contributed by atoms with Crippen LogP contribution >= 0.6 is 39.3 Å². The summed E-state index contributed by atoms with van der Waals surface area (Å²) in [6.07, 6.45) is 1.53. The molecule has 0 atom stereocenters. The van der Waals surface area contributed by atoms with Crippen molar-refractivity contribution in [2.45, 2.75) is 4.90 Å². The molecule has 4 aromatic carbocycles. The molecule has 0 unspecified atom stereocenters. The first-order chi connectivity index (χ1) is 18.9. The molecule has 196 valence electrons. The summed E-state index contributed by atoms with van der Waals surface area (Å²) in [7, 11) is 0. The van der Waals surface area contributed by atoms with E-state index in [1.54, 1.807) is 72.8 Å². The lowest BCUT2D eigenvalue weighted by Crippen LogP contribution is -2.30. The van der Waals surface area contributed by atoms with Crippen LogP contribution < -0.4 is 16.0 Å². The molecule has 0 fully saturated rings. The fourth-order valence-electron chi connectivity index (χ4n) is 3.45. The van der Waals surface area contributed by atoms with E-state index in [4.69, 9.17) is 11.6 Å². The maximum absolute atomic E-state index is 13.3. The molecule has 0 spiro atoms. The van der Waals surface area contributed by atoms with Crippen LogP contribution in [-0.2, 0) is 9.59 Å². The molecule has 0 bridgehead atoms. The summed E-state index contributed by atoms with van der Waals surface area (Å²) in [6.45, 7) is 0. The summed E-state index contributed by atoms with van der Waals surface area (Å²) in [6, 6.07) is 30.2. The number of nitrogens with one attached hydrogen (secondary N) is 3. The van der Waals surface area contributed by atoms with Gasteiger partial charge in [0, 0.05) is 25.6 Å². The molecular weight excluding hydrogens is 598 g/mol. The van der Waals surface area contributed by atoms with Crippen molar-refractivity contribution in [1.29, 1.82) is 0 Å². The molecule has 0 aliphatic carbocycles. The molecule has 4 aromatic rings. The molecule has 3 amide bonds. The Hall–Kier alpha value is -3.85. The lowest BCUT2D eigenvalue weighted by Gasteiger charge is -2.12. The summed E-state index contributed by atoms with van der Waals surface area (Å²) in [5.74, 6) is -0.920. The van der Waals surface area contributed by atoms with Crippen LogP contribution in [0.1, 0.15) is 15.9 Å². The van der Waals surface area contributed by atoms with Gasteiger partial charge >= 0.3 is 0 Å². The molecule has 6 nitrogen and oxygen atoms in total. The van der Waals surface area contributed by atoms with Gasteiger partial charge in [0.15, 0.2) is 0 Å². The second-order valence-corrected chi connectivity index (χ2v) is 10.5.